The molecule has 0 radical (unpaired) electrons. The largest absolute Gasteiger partial charge is 0.306 e. The summed E-state index contributed by atoms with van der Waals surface area (Å²) >= 11 is 0. The molecule has 0 aliphatic heterocycles. The lowest BCUT2D eigenvalue weighted by atomic mass is 10.4. The van der Waals surface area contributed by atoms with Crippen LogP contribution in [0.4, 0.5) is 0 Å². The summed E-state index contributed by atoms with van der Waals surface area (Å²) in [6, 6.07) is 19.7. The smallest absolute Gasteiger partial charge is 0.191 e. The van der Waals surface area contributed by atoms with Crippen molar-refractivity contribution in [2.45, 2.75) is 0 Å². The first-order valence-corrected chi connectivity index (χ1v) is 10.5. The van der Waals surface area contributed by atoms with Crippen molar-refractivity contribution >= 4 is 25.4 Å². The van der Waals surface area contributed by atoms with Crippen molar-refractivity contribution in [2.75, 3.05) is 28.2 Å². The molecule has 0 saturated heterocycles. The minimum absolute atomic E-state index is 0.921. The van der Waals surface area contributed by atoms with Gasteiger partial charge >= 0.3 is 0 Å². The Kier molecular flexibility index (Phi) is 5.35. The van der Waals surface area contributed by atoms with Crippen molar-refractivity contribution in [3.63, 3.8) is 0 Å². The quantitative estimate of drug-likeness (QED) is 0.789. The Morgan fingerprint density at radius 3 is 1.33 bits per heavy atom. The molecule has 0 aromatic heterocycles. The molecule has 0 aliphatic rings. The Labute approximate surface area is 128 Å². The molecule has 0 bridgehead atoms. The predicted octanol–water partition coefficient (Wildman–Crippen LogP) is 3.35. The number of hydrogen-bond acceptors (Lipinski definition) is 3. The third-order valence-corrected chi connectivity index (χ3v) is 12.2. The van der Waals surface area contributed by atoms with Crippen molar-refractivity contribution in [2.24, 2.45) is 0 Å². The third kappa shape index (κ3) is 3.27. The van der Waals surface area contributed by atoms with Crippen LogP contribution in [-0.2, 0) is 4.57 Å². The summed E-state index contributed by atoms with van der Waals surface area (Å²) in [6.45, 7) is -2.73. The third-order valence-electron chi connectivity index (χ3n) is 3.18. The number of hydrogen-bond donors (Lipinski definition) is 0. The molecule has 2 rings (SSSR count). The Balaban J connectivity index is 2.68. The van der Waals surface area contributed by atoms with Gasteiger partial charge in [0.15, 0.2) is 6.83 Å². The highest BCUT2D eigenvalue weighted by molar-refractivity contribution is 8.37. The van der Waals surface area contributed by atoms with Crippen molar-refractivity contribution in [3.8, 4) is 0 Å². The van der Waals surface area contributed by atoms with E-state index < -0.39 is 14.7 Å². The minimum atomic E-state index is -2.73. The first-order chi connectivity index (χ1) is 9.98. The molecule has 0 fully saturated rings. The van der Waals surface area contributed by atoms with Gasteiger partial charge in [0.1, 0.15) is 7.91 Å². The van der Waals surface area contributed by atoms with Gasteiger partial charge in [0.25, 0.3) is 0 Å². The first kappa shape index (κ1) is 16.4. The van der Waals surface area contributed by atoms with Crippen LogP contribution in [0.5, 0.6) is 0 Å². The van der Waals surface area contributed by atoms with Gasteiger partial charge in [-0.2, -0.15) is 0 Å². The molecular formula is C16H22N2OP2. The molecule has 3 nitrogen and oxygen atoms in total. The van der Waals surface area contributed by atoms with E-state index in [9.17, 15) is 4.57 Å². The van der Waals surface area contributed by atoms with Gasteiger partial charge in [-0.3, -0.25) is 9.34 Å². The average Bonchev–Trinajstić information content (AvgIpc) is 2.48. The zero-order chi connectivity index (χ0) is 15.5. The van der Waals surface area contributed by atoms with Crippen molar-refractivity contribution < 1.29 is 4.57 Å². The Bertz CT molecular complexity index is 563. The van der Waals surface area contributed by atoms with Gasteiger partial charge in [-0.05, 0) is 28.2 Å². The monoisotopic (exact) mass is 320 g/mol. The minimum Gasteiger partial charge on any atom is -0.306 e. The van der Waals surface area contributed by atoms with E-state index in [0.717, 1.165) is 10.6 Å². The SMILES string of the molecule is CN(C)P(N(C)C)P(=O)(c1ccccc1)c1ccccc1. The summed E-state index contributed by atoms with van der Waals surface area (Å²) in [5.74, 6) is 0. The summed E-state index contributed by atoms with van der Waals surface area (Å²) in [7, 11) is 7.06. The van der Waals surface area contributed by atoms with E-state index in [2.05, 4.69) is 9.34 Å². The van der Waals surface area contributed by atoms with Crippen molar-refractivity contribution in [3.05, 3.63) is 60.7 Å². The van der Waals surface area contributed by atoms with E-state index in [1.54, 1.807) is 0 Å². The molecule has 2 aromatic carbocycles. The second-order valence-electron chi connectivity index (χ2n) is 5.21. The topological polar surface area (TPSA) is 23.6 Å². The van der Waals surface area contributed by atoms with E-state index in [4.69, 9.17) is 0 Å². The lowest BCUT2D eigenvalue weighted by molar-refractivity contribution is 0.570. The zero-order valence-corrected chi connectivity index (χ0v) is 14.8. The Morgan fingerprint density at radius 1 is 0.714 bits per heavy atom. The highest BCUT2D eigenvalue weighted by atomic mass is 32.1. The van der Waals surface area contributed by atoms with Crippen LogP contribution in [0.15, 0.2) is 60.7 Å². The van der Waals surface area contributed by atoms with Crippen LogP contribution in [0.1, 0.15) is 0 Å². The van der Waals surface area contributed by atoms with Crippen LogP contribution in [0.2, 0.25) is 0 Å². The summed E-state index contributed by atoms with van der Waals surface area (Å²) in [5, 5.41) is 1.84. The van der Waals surface area contributed by atoms with E-state index in [-0.39, 0.29) is 0 Å². The molecule has 0 amide bonds. The van der Waals surface area contributed by atoms with Crippen LogP contribution in [0, 0.1) is 0 Å². The zero-order valence-electron chi connectivity index (χ0n) is 13.0. The van der Waals surface area contributed by atoms with Gasteiger partial charge in [0, 0.05) is 10.6 Å². The van der Waals surface area contributed by atoms with Crippen molar-refractivity contribution in [1.29, 1.82) is 0 Å². The summed E-state index contributed by atoms with van der Waals surface area (Å²) in [6.07, 6.45) is 0. The van der Waals surface area contributed by atoms with Crippen LogP contribution >= 0.6 is 14.7 Å². The van der Waals surface area contributed by atoms with Crippen LogP contribution in [0.3, 0.4) is 0 Å². The van der Waals surface area contributed by atoms with E-state index >= 15 is 0 Å². The molecule has 5 heteroatoms. The predicted molar refractivity (Wildman–Crippen MR) is 94.1 cm³/mol. The molecular weight excluding hydrogens is 298 g/mol. The molecule has 0 spiro atoms. The average molecular weight is 320 g/mol. The van der Waals surface area contributed by atoms with Gasteiger partial charge in [-0.15, -0.1) is 0 Å². The van der Waals surface area contributed by atoms with Crippen LogP contribution in [0.25, 0.3) is 0 Å². The Morgan fingerprint density at radius 2 is 1.05 bits per heavy atom. The standard InChI is InChI=1S/C16H22N2OP2/c1-17(2)20(18(3)4)21(19,15-11-7-5-8-12-15)16-13-9-6-10-14-16/h5-14H,1-4H3. The molecule has 0 atom stereocenters. The number of benzene rings is 2. The lowest BCUT2D eigenvalue weighted by Crippen LogP contribution is -2.25. The van der Waals surface area contributed by atoms with Crippen LogP contribution in [-0.4, -0.2) is 37.5 Å². The highest BCUT2D eigenvalue weighted by Crippen LogP contribution is 2.75. The molecule has 21 heavy (non-hydrogen) atoms. The van der Waals surface area contributed by atoms with E-state index in [1.165, 1.54) is 0 Å². The fourth-order valence-corrected chi connectivity index (χ4v) is 11.1. The second kappa shape index (κ2) is 6.85. The molecule has 0 saturated carbocycles. The van der Waals surface area contributed by atoms with Gasteiger partial charge in [0.2, 0.25) is 0 Å². The van der Waals surface area contributed by atoms with E-state index in [0.29, 0.717) is 0 Å². The number of rotatable bonds is 5. The molecule has 112 valence electrons. The van der Waals surface area contributed by atoms with Gasteiger partial charge in [-0.1, -0.05) is 60.7 Å². The van der Waals surface area contributed by atoms with Gasteiger partial charge < -0.3 is 4.57 Å². The van der Waals surface area contributed by atoms with E-state index in [1.807, 2.05) is 88.9 Å². The highest BCUT2D eigenvalue weighted by Gasteiger charge is 2.40. The molecule has 2 aromatic rings. The normalized spacial score (nSPS) is 12.3. The molecule has 0 aliphatic carbocycles. The summed E-state index contributed by atoms with van der Waals surface area (Å²) in [5.41, 5.74) is 0. The second-order valence-corrected chi connectivity index (χ2v) is 12.3. The van der Waals surface area contributed by atoms with Crippen LogP contribution < -0.4 is 10.6 Å². The fourth-order valence-electron chi connectivity index (χ4n) is 2.48. The summed E-state index contributed by atoms with van der Waals surface area (Å²) in [4.78, 5) is 0. The maximum atomic E-state index is 14.1. The maximum Gasteiger partial charge on any atom is 0.191 e. The maximum absolute atomic E-state index is 14.1. The van der Waals surface area contributed by atoms with Crippen molar-refractivity contribution in [1.82, 2.24) is 9.34 Å². The Hall–Kier alpha value is -0.980. The molecule has 0 unspecified atom stereocenters. The first-order valence-electron chi connectivity index (χ1n) is 6.84. The molecule has 0 heterocycles. The van der Waals surface area contributed by atoms with Gasteiger partial charge in [-0.25, -0.2) is 0 Å². The lowest BCUT2D eigenvalue weighted by Gasteiger charge is -2.37. The number of nitrogens with zero attached hydrogens (tertiary/aromatic N) is 2. The summed E-state index contributed by atoms with van der Waals surface area (Å²) < 4.78 is 18.3. The van der Waals surface area contributed by atoms with Gasteiger partial charge in [0.05, 0.1) is 0 Å². The fraction of sp³-hybridized carbons (Fsp3) is 0.250. The molecule has 0 N–H and O–H groups in total.